The number of hydrogen-bond donors (Lipinski definition) is 1. The molecule has 0 aromatic heterocycles. The van der Waals surface area contributed by atoms with Crippen LogP contribution in [0.2, 0.25) is 12.1 Å². The van der Waals surface area contributed by atoms with Gasteiger partial charge < -0.3 is 4.98 Å². The van der Waals surface area contributed by atoms with Gasteiger partial charge in [0.05, 0.1) is 0 Å². The third kappa shape index (κ3) is 2.96. The summed E-state index contributed by atoms with van der Waals surface area (Å²) in [7, 11) is -2.45. The molecule has 0 saturated carbocycles. The predicted molar refractivity (Wildman–Crippen MR) is 41.5 cm³/mol. The summed E-state index contributed by atoms with van der Waals surface area (Å²) >= 11 is 0. The van der Waals surface area contributed by atoms with Gasteiger partial charge in [-0.1, -0.05) is 20.8 Å². The third-order valence-electron chi connectivity index (χ3n) is 1.61. The zero-order valence-electron chi connectivity index (χ0n) is 6.50. The van der Waals surface area contributed by atoms with Crippen LogP contribution in [-0.4, -0.2) is 15.1 Å². The maximum Gasteiger partial charge on any atom is 0.318 e. The van der Waals surface area contributed by atoms with Gasteiger partial charge in [0, 0.05) is 0 Å². The number of rotatable bonds is 4. The van der Waals surface area contributed by atoms with E-state index in [1.807, 2.05) is 20.8 Å². The van der Waals surface area contributed by atoms with Crippen molar-refractivity contribution >= 4 is 8.57 Å². The van der Waals surface area contributed by atoms with Crippen LogP contribution in [0.15, 0.2) is 0 Å². The maximum atomic E-state index is 13.3. The van der Waals surface area contributed by atoms with Crippen molar-refractivity contribution in [3.63, 3.8) is 0 Å². The lowest BCUT2D eigenvalue weighted by atomic mass is 10.8. The Morgan fingerprint density at radius 1 is 1.22 bits per heavy atom. The number of hydrogen-bond acceptors (Lipinski definition) is 1. The van der Waals surface area contributed by atoms with E-state index in [1.165, 1.54) is 0 Å². The first kappa shape index (κ1) is 9.11. The molecule has 1 nitrogen and oxygen atoms in total. The maximum absolute atomic E-state index is 13.3. The molecule has 0 saturated heterocycles. The predicted octanol–water partition coefficient (Wildman–Crippen LogP) is 2.05. The lowest BCUT2D eigenvalue weighted by Crippen LogP contribution is -2.44. The minimum absolute atomic E-state index is 0.692. The highest BCUT2D eigenvalue weighted by Crippen LogP contribution is 2.11. The molecule has 3 heteroatoms. The molecule has 0 aliphatic carbocycles. The SMILES string of the molecule is CCN[Si](F)(CC)CC. The second-order valence-electron chi connectivity index (χ2n) is 2.20. The van der Waals surface area contributed by atoms with Crippen molar-refractivity contribution in [2.24, 2.45) is 0 Å². The summed E-state index contributed by atoms with van der Waals surface area (Å²) in [6.45, 7) is 6.55. The minimum Gasteiger partial charge on any atom is -0.313 e. The van der Waals surface area contributed by atoms with Gasteiger partial charge in [-0.2, -0.15) is 0 Å². The van der Waals surface area contributed by atoms with E-state index in [9.17, 15) is 4.11 Å². The Morgan fingerprint density at radius 3 is 1.78 bits per heavy atom. The van der Waals surface area contributed by atoms with Crippen molar-refractivity contribution in [3.05, 3.63) is 0 Å². The zero-order chi connectivity index (χ0) is 7.33. The standard InChI is InChI=1S/C6H16FNSi/c1-4-8-9(7,5-2)6-3/h8H,4-6H2,1-3H3. The molecule has 0 amide bonds. The van der Waals surface area contributed by atoms with Gasteiger partial charge in [0.25, 0.3) is 0 Å². The van der Waals surface area contributed by atoms with Crippen LogP contribution in [-0.2, 0) is 0 Å². The highest BCUT2D eigenvalue weighted by atomic mass is 28.4. The summed E-state index contributed by atoms with van der Waals surface area (Å²) in [5.41, 5.74) is 0. The molecule has 1 N–H and O–H groups in total. The van der Waals surface area contributed by atoms with Gasteiger partial charge in [-0.3, -0.25) is 4.11 Å². The first-order chi connectivity index (χ1) is 4.18. The van der Waals surface area contributed by atoms with Crippen LogP contribution in [0, 0.1) is 0 Å². The van der Waals surface area contributed by atoms with Gasteiger partial charge in [-0.05, 0) is 18.6 Å². The highest BCUT2D eigenvalue weighted by Gasteiger charge is 2.28. The molecule has 0 aliphatic rings. The molecule has 0 rings (SSSR count). The molecular weight excluding hydrogens is 133 g/mol. The van der Waals surface area contributed by atoms with Crippen molar-refractivity contribution in [2.75, 3.05) is 6.54 Å². The van der Waals surface area contributed by atoms with Crippen LogP contribution in [0.5, 0.6) is 0 Å². The van der Waals surface area contributed by atoms with Crippen molar-refractivity contribution in [2.45, 2.75) is 32.9 Å². The van der Waals surface area contributed by atoms with Gasteiger partial charge in [0.15, 0.2) is 0 Å². The molecule has 0 heterocycles. The van der Waals surface area contributed by atoms with Crippen LogP contribution in [0.25, 0.3) is 0 Å². The Morgan fingerprint density at radius 2 is 1.67 bits per heavy atom. The molecule has 0 spiro atoms. The van der Waals surface area contributed by atoms with Crippen LogP contribution in [0.4, 0.5) is 4.11 Å². The molecule has 0 aromatic carbocycles. The summed E-state index contributed by atoms with van der Waals surface area (Å²) in [5, 5.41) is 0. The smallest absolute Gasteiger partial charge is 0.313 e. The molecular formula is C6H16FNSi. The number of halogens is 1. The molecule has 0 atom stereocenters. The molecule has 9 heavy (non-hydrogen) atoms. The fourth-order valence-corrected chi connectivity index (χ4v) is 2.45. The van der Waals surface area contributed by atoms with Crippen molar-refractivity contribution in [1.29, 1.82) is 0 Å². The largest absolute Gasteiger partial charge is 0.318 e. The van der Waals surface area contributed by atoms with Crippen LogP contribution in [0.1, 0.15) is 20.8 Å². The first-order valence-corrected chi connectivity index (χ1v) is 5.91. The van der Waals surface area contributed by atoms with E-state index in [0.717, 1.165) is 6.54 Å². The summed E-state index contributed by atoms with van der Waals surface area (Å²) in [6.07, 6.45) is 0. The van der Waals surface area contributed by atoms with Crippen molar-refractivity contribution < 1.29 is 4.11 Å². The van der Waals surface area contributed by atoms with E-state index in [2.05, 4.69) is 4.98 Å². The lowest BCUT2D eigenvalue weighted by Gasteiger charge is -2.18. The summed E-state index contributed by atoms with van der Waals surface area (Å²) in [5.74, 6) is 0. The summed E-state index contributed by atoms with van der Waals surface area (Å²) in [4.78, 5) is 2.93. The van der Waals surface area contributed by atoms with Crippen molar-refractivity contribution in [3.8, 4) is 0 Å². The minimum atomic E-state index is -2.45. The third-order valence-corrected chi connectivity index (χ3v) is 4.84. The van der Waals surface area contributed by atoms with E-state index < -0.39 is 8.57 Å². The average Bonchev–Trinajstić information content (AvgIpc) is 1.89. The summed E-state index contributed by atoms with van der Waals surface area (Å²) in [6, 6.07) is 1.38. The normalized spacial score (nSPS) is 12.0. The van der Waals surface area contributed by atoms with E-state index in [-0.39, 0.29) is 0 Å². The fraction of sp³-hybridized carbons (Fsp3) is 1.00. The van der Waals surface area contributed by atoms with Crippen LogP contribution >= 0.6 is 0 Å². The first-order valence-electron chi connectivity index (χ1n) is 3.62. The molecule has 0 unspecified atom stereocenters. The van der Waals surface area contributed by atoms with Gasteiger partial charge in [-0.15, -0.1) is 0 Å². The van der Waals surface area contributed by atoms with Gasteiger partial charge in [-0.25, -0.2) is 0 Å². The topological polar surface area (TPSA) is 12.0 Å². The Kier molecular flexibility index (Phi) is 4.06. The Balaban J connectivity index is 3.62. The molecule has 56 valence electrons. The number of nitrogens with one attached hydrogen (secondary N) is 1. The van der Waals surface area contributed by atoms with Crippen LogP contribution in [0.3, 0.4) is 0 Å². The quantitative estimate of drug-likeness (QED) is 0.476. The summed E-state index contributed by atoms with van der Waals surface area (Å²) < 4.78 is 13.3. The highest BCUT2D eigenvalue weighted by molar-refractivity contribution is 6.70. The molecule has 0 bridgehead atoms. The van der Waals surface area contributed by atoms with Gasteiger partial charge in [0.1, 0.15) is 0 Å². The second-order valence-corrected chi connectivity index (χ2v) is 5.90. The van der Waals surface area contributed by atoms with E-state index in [1.54, 1.807) is 0 Å². The van der Waals surface area contributed by atoms with E-state index in [4.69, 9.17) is 0 Å². The monoisotopic (exact) mass is 149 g/mol. The Labute approximate surface area is 57.9 Å². The Bertz CT molecular complexity index is 73.5. The van der Waals surface area contributed by atoms with Gasteiger partial charge in [0.2, 0.25) is 0 Å². The van der Waals surface area contributed by atoms with E-state index >= 15 is 0 Å². The lowest BCUT2D eigenvalue weighted by molar-refractivity contribution is 0.698. The fourth-order valence-electron chi connectivity index (χ4n) is 0.817. The second kappa shape index (κ2) is 4.01. The molecule has 0 radical (unpaired) electrons. The van der Waals surface area contributed by atoms with E-state index in [0.29, 0.717) is 12.1 Å². The molecule has 0 aliphatic heterocycles. The molecule has 0 fully saturated rings. The van der Waals surface area contributed by atoms with Crippen molar-refractivity contribution in [1.82, 2.24) is 4.98 Å². The van der Waals surface area contributed by atoms with Gasteiger partial charge >= 0.3 is 8.57 Å². The Hall–Kier alpha value is 0.107. The zero-order valence-corrected chi connectivity index (χ0v) is 7.50. The van der Waals surface area contributed by atoms with Crippen LogP contribution < -0.4 is 4.98 Å². The average molecular weight is 149 g/mol. The molecule has 0 aromatic rings.